The van der Waals surface area contributed by atoms with Gasteiger partial charge in [-0.1, -0.05) is 40.2 Å². The summed E-state index contributed by atoms with van der Waals surface area (Å²) in [4.78, 5) is 0.154. The zero-order valence-electron chi connectivity index (χ0n) is 11.7. The molecule has 1 aliphatic rings. The van der Waals surface area contributed by atoms with Gasteiger partial charge in [-0.05, 0) is 58.3 Å². The van der Waals surface area contributed by atoms with Gasteiger partial charge >= 0.3 is 0 Å². The SMILES string of the molecule is Cc1cccc(C(Br)c2ccc3c(c2)OCCCO3)c1I. The molecular formula is C17H16BrIO2. The van der Waals surface area contributed by atoms with Gasteiger partial charge in [0, 0.05) is 9.99 Å². The van der Waals surface area contributed by atoms with Crippen molar-refractivity contribution in [2.75, 3.05) is 13.2 Å². The predicted octanol–water partition coefficient (Wildman–Crippen LogP) is 5.25. The zero-order valence-corrected chi connectivity index (χ0v) is 15.5. The molecule has 2 aromatic carbocycles. The van der Waals surface area contributed by atoms with E-state index in [-0.39, 0.29) is 4.83 Å². The van der Waals surface area contributed by atoms with E-state index in [1.165, 1.54) is 20.3 Å². The summed E-state index contributed by atoms with van der Waals surface area (Å²) in [6.45, 7) is 3.57. The third-order valence-corrected chi connectivity index (χ3v) is 6.05. The topological polar surface area (TPSA) is 18.5 Å². The Labute approximate surface area is 147 Å². The van der Waals surface area contributed by atoms with E-state index in [0.29, 0.717) is 6.61 Å². The van der Waals surface area contributed by atoms with Crippen LogP contribution < -0.4 is 9.47 Å². The van der Waals surface area contributed by atoms with Crippen LogP contribution in [0.15, 0.2) is 36.4 Å². The van der Waals surface area contributed by atoms with Crippen LogP contribution in [0, 0.1) is 10.5 Å². The van der Waals surface area contributed by atoms with Crippen molar-refractivity contribution in [1.29, 1.82) is 0 Å². The maximum absolute atomic E-state index is 5.78. The second kappa shape index (κ2) is 6.57. The summed E-state index contributed by atoms with van der Waals surface area (Å²) in [6.07, 6.45) is 0.928. The number of benzene rings is 2. The Morgan fingerprint density at radius 1 is 1.10 bits per heavy atom. The average molecular weight is 459 g/mol. The highest BCUT2D eigenvalue weighted by Crippen LogP contribution is 2.39. The second-order valence-electron chi connectivity index (χ2n) is 5.10. The lowest BCUT2D eigenvalue weighted by Crippen LogP contribution is -1.99. The molecule has 1 atom stereocenters. The number of fused-ring (bicyclic) bond motifs is 1. The lowest BCUT2D eigenvalue weighted by atomic mass is 10.0. The minimum Gasteiger partial charge on any atom is -0.490 e. The molecule has 1 heterocycles. The molecule has 2 nitrogen and oxygen atoms in total. The first-order valence-corrected chi connectivity index (χ1v) is 8.95. The van der Waals surface area contributed by atoms with E-state index in [4.69, 9.17) is 9.47 Å². The van der Waals surface area contributed by atoms with Crippen LogP contribution in [-0.2, 0) is 0 Å². The first-order chi connectivity index (χ1) is 10.2. The minimum absolute atomic E-state index is 0.154. The fourth-order valence-electron chi connectivity index (χ4n) is 2.38. The van der Waals surface area contributed by atoms with E-state index >= 15 is 0 Å². The van der Waals surface area contributed by atoms with Gasteiger partial charge in [-0.15, -0.1) is 0 Å². The summed E-state index contributed by atoms with van der Waals surface area (Å²) in [7, 11) is 0. The van der Waals surface area contributed by atoms with E-state index in [1.54, 1.807) is 0 Å². The van der Waals surface area contributed by atoms with Gasteiger partial charge in [-0.3, -0.25) is 0 Å². The molecule has 0 amide bonds. The number of hydrogen-bond acceptors (Lipinski definition) is 2. The Morgan fingerprint density at radius 3 is 2.67 bits per heavy atom. The maximum atomic E-state index is 5.78. The summed E-state index contributed by atoms with van der Waals surface area (Å²) in [5.74, 6) is 1.69. The summed E-state index contributed by atoms with van der Waals surface area (Å²) >= 11 is 6.24. The van der Waals surface area contributed by atoms with Crippen molar-refractivity contribution in [2.45, 2.75) is 18.2 Å². The molecule has 0 aromatic heterocycles. The summed E-state index contributed by atoms with van der Waals surface area (Å²) in [5, 5.41) is 0. The largest absolute Gasteiger partial charge is 0.490 e. The van der Waals surface area contributed by atoms with E-state index in [9.17, 15) is 0 Å². The van der Waals surface area contributed by atoms with Gasteiger partial charge < -0.3 is 9.47 Å². The molecule has 0 saturated carbocycles. The van der Waals surface area contributed by atoms with Gasteiger partial charge in [0.25, 0.3) is 0 Å². The Kier molecular flexibility index (Phi) is 4.74. The third-order valence-electron chi connectivity index (χ3n) is 3.56. The fraction of sp³-hybridized carbons (Fsp3) is 0.294. The van der Waals surface area contributed by atoms with Crippen molar-refractivity contribution in [3.05, 3.63) is 56.7 Å². The highest BCUT2D eigenvalue weighted by molar-refractivity contribution is 14.1. The van der Waals surface area contributed by atoms with Crippen LogP contribution in [0.2, 0.25) is 0 Å². The van der Waals surface area contributed by atoms with Crippen molar-refractivity contribution in [3.8, 4) is 11.5 Å². The molecule has 21 heavy (non-hydrogen) atoms. The number of rotatable bonds is 2. The van der Waals surface area contributed by atoms with Crippen molar-refractivity contribution >= 4 is 38.5 Å². The number of hydrogen-bond donors (Lipinski definition) is 0. The Hall–Kier alpha value is -0.750. The third kappa shape index (κ3) is 3.21. The molecule has 0 bridgehead atoms. The van der Waals surface area contributed by atoms with Gasteiger partial charge in [0.2, 0.25) is 0 Å². The predicted molar refractivity (Wildman–Crippen MR) is 96.7 cm³/mol. The van der Waals surface area contributed by atoms with E-state index in [2.05, 4.69) is 75.8 Å². The van der Waals surface area contributed by atoms with Gasteiger partial charge in [0.1, 0.15) is 0 Å². The molecule has 2 aromatic rings. The molecule has 0 saturated heterocycles. The zero-order chi connectivity index (χ0) is 14.8. The first kappa shape index (κ1) is 15.2. The maximum Gasteiger partial charge on any atom is 0.161 e. The van der Waals surface area contributed by atoms with Gasteiger partial charge in [0.05, 0.1) is 18.0 Å². The molecule has 3 rings (SSSR count). The molecule has 0 radical (unpaired) electrons. The van der Waals surface area contributed by atoms with Crippen molar-refractivity contribution in [2.24, 2.45) is 0 Å². The average Bonchev–Trinajstić information content (AvgIpc) is 2.74. The minimum atomic E-state index is 0.154. The summed E-state index contributed by atoms with van der Waals surface area (Å²) < 4.78 is 12.8. The lowest BCUT2D eigenvalue weighted by molar-refractivity contribution is 0.297. The van der Waals surface area contributed by atoms with Crippen molar-refractivity contribution < 1.29 is 9.47 Å². The normalized spacial score (nSPS) is 15.4. The molecule has 4 heteroatoms. The Morgan fingerprint density at radius 2 is 1.86 bits per heavy atom. The number of halogens is 2. The highest BCUT2D eigenvalue weighted by Gasteiger charge is 2.18. The standard InChI is InChI=1S/C17H16BrIO2/c1-11-4-2-5-13(17(11)19)16(18)12-6-7-14-15(10-12)21-9-3-8-20-14/h2,4-7,10,16H,3,8-9H2,1H3. The van der Waals surface area contributed by atoms with Gasteiger partial charge in [-0.2, -0.15) is 0 Å². The van der Waals surface area contributed by atoms with Crippen LogP contribution in [0.3, 0.4) is 0 Å². The van der Waals surface area contributed by atoms with Crippen molar-refractivity contribution in [3.63, 3.8) is 0 Å². The van der Waals surface area contributed by atoms with Crippen LogP contribution in [0.1, 0.15) is 27.9 Å². The Bertz CT molecular complexity index is 657. The molecule has 1 aliphatic heterocycles. The number of alkyl halides is 1. The molecule has 0 aliphatic carbocycles. The quantitative estimate of drug-likeness (QED) is 0.452. The van der Waals surface area contributed by atoms with Crippen LogP contribution >= 0.6 is 38.5 Å². The Balaban J connectivity index is 1.96. The van der Waals surface area contributed by atoms with E-state index in [1.807, 2.05) is 6.07 Å². The van der Waals surface area contributed by atoms with Crippen LogP contribution in [0.4, 0.5) is 0 Å². The lowest BCUT2D eigenvalue weighted by Gasteiger charge is -2.16. The molecule has 1 unspecified atom stereocenters. The van der Waals surface area contributed by atoms with E-state index in [0.717, 1.165) is 24.5 Å². The molecule has 0 fully saturated rings. The highest BCUT2D eigenvalue weighted by atomic mass is 127. The fourth-order valence-corrected chi connectivity index (χ4v) is 4.15. The van der Waals surface area contributed by atoms with Crippen LogP contribution in [0.25, 0.3) is 0 Å². The van der Waals surface area contributed by atoms with Gasteiger partial charge in [-0.25, -0.2) is 0 Å². The number of ether oxygens (including phenoxy) is 2. The monoisotopic (exact) mass is 458 g/mol. The summed E-state index contributed by atoms with van der Waals surface area (Å²) in [6, 6.07) is 12.6. The molecule has 110 valence electrons. The second-order valence-corrected chi connectivity index (χ2v) is 7.09. The molecule has 0 N–H and O–H groups in total. The van der Waals surface area contributed by atoms with Crippen molar-refractivity contribution in [1.82, 2.24) is 0 Å². The molecular weight excluding hydrogens is 443 g/mol. The first-order valence-electron chi connectivity index (χ1n) is 6.95. The smallest absolute Gasteiger partial charge is 0.161 e. The van der Waals surface area contributed by atoms with Gasteiger partial charge in [0.15, 0.2) is 11.5 Å². The number of aryl methyl sites for hydroxylation is 1. The van der Waals surface area contributed by atoms with Crippen LogP contribution in [-0.4, -0.2) is 13.2 Å². The summed E-state index contributed by atoms with van der Waals surface area (Å²) in [5.41, 5.74) is 3.76. The van der Waals surface area contributed by atoms with Crippen LogP contribution in [0.5, 0.6) is 11.5 Å². The van der Waals surface area contributed by atoms with E-state index < -0.39 is 0 Å². The molecule has 0 spiro atoms.